The monoisotopic (exact) mass is 328 g/mol. The van der Waals surface area contributed by atoms with Crippen molar-refractivity contribution in [3.05, 3.63) is 12.2 Å². The lowest BCUT2D eigenvalue weighted by atomic mass is 9.98. The minimum Gasteiger partial charge on any atom is -0.239 e. The third-order valence-corrected chi connectivity index (χ3v) is 4.26. The minimum atomic E-state index is 0.269. The second-order valence-electron chi connectivity index (χ2n) is 6.50. The van der Waals surface area contributed by atoms with Crippen LogP contribution < -0.4 is 0 Å². The zero-order chi connectivity index (χ0) is 18.9. The summed E-state index contributed by atoms with van der Waals surface area (Å²) in [4.78, 5) is 0. The van der Waals surface area contributed by atoms with Gasteiger partial charge in [0.2, 0.25) is 0 Å². The van der Waals surface area contributed by atoms with Gasteiger partial charge in [-0.25, -0.2) is 10.0 Å². The van der Waals surface area contributed by atoms with Crippen LogP contribution in [0.5, 0.6) is 0 Å². The molecule has 0 aliphatic carbocycles. The molecular weight excluding hydrogens is 280 g/mol. The van der Waals surface area contributed by atoms with Gasteiger partial charge in [-0.3, -0.25) is 0 Å². The number of hydrogen-bond donors (Lipinski definition) is 0. The Bertz CT molecular complexity index is 242. The van der Waals surface area contributed by atoms with E-state index in [9.17, 15) is 0 Å². The lowest BCUT2D eigenvalue weighted by Crippen LogP contribution is -2.55. The molecule has 0 aromatic heterocycles. The lowest BCUT2D eigenvalue weighted by Gasteiger charge is -2.45. The summed E-state index contributed by atoms with van der Waals surface area (Å²) in [7, 11) is 2.25. The van der Waals surface area contributed by atoms with E-state index in [2.05, 4.69) is 58.6 Å². The van der Waals surface area contributed by atoms with Crippen molar-refractivity contribution in [1.82, 2.24) is 10.0 Å². The van der Waals surface area contributed by atoms with Gasteiger partial charge < -0.3 is 0 Å². The molecule has 0 aliphatic heterocycles. The summed E-state index contributed by atoms with van der Waals surface area (Å²) in [6.07, 6.45) is 10.4. The molecule has 0 saturated carbocycles. The summed E-state index contributed by atoms with van der Waals surface area (Å²) < 4.78 is 0. The number of nitrogens with zero attached hydrogens (tertiary/aromatic N) is 2. The van der Waals surface area contributed by atoms with Gasteiger partial charge in [0.1, 0.15) is 0 Å². The van der Waals surface area contributed by atoms with Gasteiger partial charge in [-0.15, -0.1) is 0 Å². The van der Waals surface area contributed by atoms with Crippen molar-refractivity contribution in [3.8, 4) is 0 Å². The largest absolute Gasteiger partial charge is 0.239 e. The average Bonchev–Trinajstić information content (AvgIpc) is 2.55. The topological polar surface area (TPSA) is 6.48 Å². The SMILES string of the molecule is C/C=C\C.CC.CCCCC(C)N(CC)N(C)C(C)(C)CCC. The quantitative estimate of drug-likeness (QED) is 0.335. The zero-order valence-electron chi connectivity index (χ0n) is 18.4. The molecule has 2 nitrogen and oxygen atoms in total. The van der Waals surface area contributed by atoms with Crippen LogP contribution >= 0.6 is 0 Å². The first kappa shape index (κ1) is 27.5. The Morgan fingerprint density at radius 3 is 1.74 bits per heavy atom. The molecule has 0 rings (SSSR count). The molecule has 0 N–H and O–H groups in total. The number of allylic oxidation sites excluding steroid dienone is 2. The summed E-state index contributed by atoms with van der Waals surface area (Å²) in [5.74, 6) is 0. The molecule has 0 radical (unpaired) electrons. The average molecular weight is 329 g/mol. The molecule has 0 heterocycles. The van der Waals surface area contributed by atoms with E-state index in [4.69, 9.17) is 0 Å². The van der Waals surface area contributed by atoms with Crippen LogP contribution in [0.15, 0.2) is 12.2 Å². The maximum Gasteiger partial charge on any atom is 0.0297 e. The molecule has 0 aromatic carbocycles. The summed E-state index contributed by atoms with van der Waals surface area (Å²) in [5.41, 5.74) is 0.269. The summed E-state index contributed by atoms with van der Waals surface area (Å²) in [6, 6.07) is 0.654. The highest BCUT2D eigenvalue weighted by Crippen LogP contribution is 2.23. The molecule has 0 bridgehead atoms. The van der Waals surface area contributed by atoms with Gasteiger partial charge in [0.25, 0.3) is 0 Å². The van der Waals surface area contributed by atoms with Gasteiger partial charge in [-0.1, -0.05) is 66.0 Å². The van der Waals surface area contributed by atoms with Crippen LogP contribution in [0.1, 0.15) is 101 Å². The fourth-order valence-corrected chi connectivity index (χ4v) is 2.59. The second-order valence-corrected chi connectivity index (χ2v) is 6.50. The van der Waals surface area contributed by atoms with Gasteiger partial charge >= 0.3 is 0 Å². The first-order chi connectivity index (χ1) is 10.8. The fourth-order valence-electron chi connectivity index (χ4n) is 2.59. The Morgan fingerprint density at radius 2 is 1.43 bits per heavy atom. The van der Waals surface area contributed by atoms with Crippen LogP contribution in [0, 0.1) is 0 Å². The second kappa shape index (κ2) is 18.0. The van der Waals surface area contributed by atoms with Crippen molar-refractivity contribution in [2.24, 2.45) is 0 Å². The summed E-state index contributed by atoms with van der Waals surface area (Å²) in [5, 5.41) is 5.00. The summed E-state index contributed by atoms with van der Waals surface area (Å²) >= 11 is 0. The molecule has 0 aliphatic rings. The Hall–Kier alpha value is -0.340. The molecule has 0 amide bonds. The molecule has 0 spiro atoms. The standard InChI is InChI=1S/C15H34N2.C4H8.C2H6/c1-8-11-12-14(4)17(10-3)16(7)15(5,6)13-9-2;1-3-4-2;1-2/h14H,8-13H2,1-7H3;3-4H,1-2H3;1-2H3/b;4-3-;. The number of hydrogen-bond acceptors (Lipinski definition) is 2. The third kappa shape index (κ3) is 13.8. The first-order valence-corrected chi connectivity index (χ1v) is 9.89. The van der Waals surface area contributed by atoms with E-state index in [1.54, 1.807) is 0 Å². The highest BCUT2D eigenvalue weighted by Gasteiger charge is 2.28. The van der Waals surface area contributed by atoms with E-state index in [0.717, 1.165) is 6.54 Å². The van der Waals surface area contributed by atoms with Crippen molar-refractivity contribution >= 4 is 0 Å². The molecule has 1 atom stereocenters. The molecule has 1 unspecified atom stereocenters. The smallest absolute Gasteiger partial charge is 0.0297 e. The normalized spacial score (nSPS) is 12.7. The summed E-state index contributed by atoms with van der Waals surface area (Å²) in [6.45, 7) is 23.0. The zero-order valence-corrected chi connectivity index (χ0v) is 18.4. The first-order valence-electron chi connectivity index (χ1n) is 9.89. The Labute approximate surface area is 149 Å². The number of hydrazine groups is 1. The highest BCUT2D eigenvalue weighted by atomic mass is 15.6. The third-order valence-electron chi connectivity index (χ3n) is 4.26. The van der Waals surface area contributed by atoms with Gasteiger partial charge in [0, 0.05) is 25.2 Å². The molecule has 23 heavy (non-hydrogen) atoms. The molecule has 142 valence electrons. The Kier molecular flexibility index (Phi) is 21.5. The molecular formula is C21H48N2. The van der Waals surface area contributed by atoms with Gasteiger partial charge in [-0.05, 0) is 47.5 Å². The van der Waals surface area contributed by atoms with Crippen LogP contribution in [0.4, 0.5) is 0 Å². The molecule has 0 fully saturated rings. The van der Waals surface area contributed by atoms with Gasteiger partial charge in [0.05, 0.1) is 0 Å². The number of unbranched alkanes of at least 4 members (excludes halogenated alkanes) is 1. The number of rotatable bonds is 9. The highest BCUT2D eigenvalue weighted by molar-refractivity contribution is 4.79. The van der Waals surface area contributed by atoms with Crippen molar-refractivity contribution in [3.63, 3.8) is 0 Å². The van der Waals surface area contributed by atoms with E-state index in [1.807, 2.05) is 39.8 Å². The minimum absolute atomic E-state index is 0.269. The molecule has 0 aromatic rings. The maximum atomic E-state index is 2.53. The van der Waals surface area contributed by atoms with Crippen molar-refractivity contribution < 1.29 is 0 Å². The Morgan fingerprint density at radius 1 is 0.957 bits per heavy atom. The van der Waals surface area contributed by atoms with E-state index in [1.165, 1.54) is 32.1 Å². The van der Waals surface area contributed by atoms with Crippen molar-refractivity contribution in [2.45, 2.75) is 113 Å². The van der Waals surface area contributed by atoms with E-state index in [-0.39, 0.29) is 5.54 Å². The van der Waals surface area contributed by atoms with Gasteiger partial charge in [-0.2, -0.15) is 0 Å². The van der Waals surface area contributed by atoms with Crippen LogP contribution in [-0.2, 0) is 0 Å². The van der Waals surface area contributed by atoms with E-state index < -0.39 is 0 Å². The lowest BCUT2D eigenvalue weighted by molar-refractivity contribution is -0.102. The van der Waals surface area contributed by atoms with Crippen molar-refractivity contribution in [1.29, 1.82) is 0 Å². The van der Waals surface area contributed by atoms with Gasteiger partial charge in [0.15, 0.2) is 0 Å². The predicted molar refractivity (Wildman–Crippen MR) is 110 cm³/mol. The van der Waals surface area contributed by atoms with Crippen LogP contribution in [0.2, 0.25) is 0 Å². The molecule has 0 saturated heterocycles. The fraction of sp³-hybridized carbons (Fsp3) is 0.905. The molecule has 2 heteroatoms. The predicted octanol–water partition coefficient (Wildman–Crippen LogP) is 6.92. The van der Waals surface area contributed by atoms with E-state index in [0.29, 0.717) is 6.04 Å². The van der Waals surface area contributed by atoms with Crippen LogP contribution in [0.25, 0.3) is 0 Å². The van der Waals surface area contributed by atoms with Crippen LogP contribution in [-0.4, -0.2) is 35.2 Å². The van der Waals surface area contributed by atoms with E-state index >= 15 is 0 Å². The van der Waals surface area contributed by atoms with Crippen LogP contribution in [0.3, 0.4) is 0 Å². The van der Waals surface area contributed by atoms with Crippen molar-refractivity contribution in [2.75, 3.05) is 13.6 Å². The maximum absolute atomic E-state index is 2.53. The Balaban J connectivity index is -0.000000574.